The highest BCUT2D eigenvalue weighted by atomic mass is 16.5. The summed E-state index contributed by atoms with van der Waals surface area (Å²) in [5, 5.41) is 3.82. The standard InChI is InChI=1S/C19H29NO/c1-14-5-3-4-6-16(14)13-20-18-11-17(12-18)15-7-9-19(21-2)10-8-15/h7-10,14,16-18,20H,3-6,11-13H2,1-2H3. The Morgan fingerprint density at radius 1 is 1.10 bits per heavy atom. The molecule has 0 saturated heterocycles. The summed E-state index contributed by atoms with van der Waals surface area (Å²) in [5.74, 6) is 3.54. The fourth-order valence-electron chi connectivity index (χ4n) is 3.95. The van der Waals surface area contributed by atoms with Gasteiger partial charge in [-0.3, -0.25) is 0 Å². The molecule has 1 aromatic rings. The molecule has 0 aromatic heterocycles. The maximum Gasteiger partial charge on any atom is 0.118 e. The molecule has 0 bridgehead atoms. The highest BCUT2D eigenvalue weighted by molar-refractivity contribution is 5.30. The first kappa shape index (κ1) is 14.9. The smallest absolute Gasteiger partial charge is 0.118 e. The molecule has 2 heteroatoms. The van der Waals surface area contributed by atoms with Crippen molar-refractivity contribution in [1.29, 1.82) is 0 Å². The van der Waals surface area contributed by atoms with E-state index in [9.17, 15) is 0 Å². The molecule has 1 N–H and O–H groups in total. The average Bonchev–Trinajstić information content (AvgIpc) is 2.48. The van der Waals surface area contributed by atoms with Gasteiger partial charge in [0.1, 0.15) is 5.75 Å². The number of rotatable bonds is 5. The third kappa shape index (κ3) is 3.60. The van der Waals surface area contributed by atoms with Crippen LogP contribution < -0.4 is 10.1 Å². The zero-order chi connectivity index (χ0) is 14.7. The highest BCUT2D eigenvalue weighted by Gasteiger charge is 2.31. The van der Waals surface area contributed by atoms with E-state index in [1.165, 1.54) is 50.6 Å². The van der Waals surface area contributed by atoms with Crippen LogP contribution in [0, 0.1) is 11.8 Å². The third-order valence-electron chi connectivity index (χ3n) is 5.68. The van der Waals surface area contributed by atoms with Crippen LogP contribution in [0.3, 0.4) is 0 Å². The fourth-order valence-corrected chi connectivity index (χ4v) is 3.95. The molecule has 2 aliphatic rings. The van der Waals surface area contributed by atoms with Crippen molar-refractivity contribution in [2.75, 3.05) is 13.7 Å². The predicted molar refractivity (Wildman–Crippen MR) is 87.9 cm³/mol. The Balaban J connectivity index is 1.41. The van der Waals surface area contributed by atoms with Gasteiger partial charge in [-0.1, -0.05) is 38.3 Å². The van der Waals surface area contributed by atoms with Crippen LogP contribution in [0.4, 0.5) is 0 Å². The quantitative estimate of drug-likeness (QED) is 0.869. The summed E-state index contributed by atoms with van der Waals surface area (Å²) in [4.78, 5) is 0. The topological polar surface area (TPSA) is 21.3 Å². The first-order valence-corrected chi connectivity index (χ1v) is 8.63. The summed E-state index contributed by atoms with van der Waals surface area (Å²) in [7, 11) is 1.73. The van der Waals surface area contributed by atoms with Crippen molar-refractivity contribution in [3.63, 3.8) is 0 Å². The Bertz CT molecular complexity index is 435. The Morgan fingerprint density at radius 2 is 1.81 bits per heavy atom. The molecule has 2 aliphatic carbocycles. The summed E-state index contributed by atoms with van der Waals surface area (Å²) < 4.78 is 5.23. The van der Waals surface area contributed by atoms with Gasteiger partial charge in [0, 0.05) is 6.04 Å². The molecule has 0 spiro atoms. The molecule has 0 amide bonds. The van der Waals surface area contributed by atoms with Crippen molar-refractivity contribution in [1.82, 2.24) is 5.32 Å². The van der Waals surface area contributed by atoms with Gasteiger partial charge in [-0.2, -0.15) is 0 Å². The lowest BCUT2D eigenvalue weighted by atomic mass is 9.75. The summed E-state index contributed by atoms with van der Waals surface area (Å²) in [6.45, 7) is 3.67. The summed E-state index contributed by atoms with van der Waals surface area (Å²) in [5.41, 5.74) is 1.47. The number of nitrogens with one attached hydrogen (secondary N) is 1. The van der Waals surface area contributed by atoms with E-state index in [4.69, 9.17) is 4.74 Å². The minimum absolute atomic E-state index is 0.742. The zero-order valence-electron chi connectivity index (χ0n) is 13.5. The second-order valence-corrected chi connectivity index (χ2v) is 7.07. The van der Waals surface area contributed by atoms with Crippen LogP contribution in [-0.4, -0.2) is 19.7 Å². The lowest BCUT2D eigenvalue weighted by molar-refractivity contribution is 0.213. The Kier molecular flexibility index (Phi) is 4.84. The molecule has 2 saturated carbocycles. The van der Waals surface area contributed by atoms with Crippen LogP contribution in [0.15, 0.2) is 24.3 Å². The van der Waals surface area contributed by atoms with Crippen LogP contribution in [-0.2, 0) is 0 Å². The number of ether oxygens (including phenoxy) is 1. The fraction of sp³-hybridized carbons (Fsp3) is 0.684. The molecule has 21 heavy (non-hydrogen) atoms. The van der Waals surface area contributed by atoms with Gasteiger partial charge in [-0.25, -0.2) is 0 Å². The molecule has 3 rings (SSSR count). The molecular weight excluding hydrogens is 258 g/mol. The summed E-state index contributed by atoms with van der Waals surface area (Å²) in [6, 6.07) is 9.36. The molecule has 0 aliphatic heterocycles. The number of benzene rings is 1. The summed E-state index contributed by atoms with van der Waals surface area (Å²) >= 11 is 0. The lowest BCUT2D eigenvalue weighted by Crippen LogP contribution is -2.43. The van der Waals surface area contributed by atoms with Crippen LogP contribution in [0.1, 0.15) is 56.9 Å². The van der Waals surface area contributed by atoms with E-state index in [-0.39, 0.29) is 0 Å². The van der Waals surface area contributed by atoms with Crippen molar-refractivity contribution in [3.8, 4) is 5.75 Å². The molecule has 2 fully saturated rings. The Morgan fingerprint density at radius 3 is 2.48 bits per heavy atom. The van der Waals surface area contributed by atoms with Gasteiger partial charge in [-0.05, 0) is 61.3 Å². The van der Waals surface area contributed by atoms with Crippen molar-refractivity contribution in [2.45, 2.75) is 57.4 Å². The van der Waals surface area contributed by atoms with Crippen LogP contribution in [0.5, 0.6) is 5.75 Å². The predicted octanol–water partition coefficient (Wildman–Crippen LogP) is 4.36. The maximum atomic E-state index is 5.23. The SMILES string of the molecule is COc1ccc(C2CC(NCC3CCCCC3C)C2)cc1. The largest absolute Gasteiger partial charge is 0.497 e. The van der Waals surface area contributed by atoms with Gasteiger partial charge in [0.25, 0.3) is 0 Å². The van der Waals surface area contributed by atoms with E-state index in [2.05, 4.69) is 36.5 Å². The first-order chi connectivity index (χ1) is 10.3. The molecule has 0 heterocycles. The molecule has 2 atom stereocenters. The Labute approximate surface area is 129 Å². The van der Waals surface area contributed by atoms with Crippen molar-refractivity contribution in [3.05, 3.63) is 29.8 Å². The minimum atomic E-state index is 0.742. The first-order valence-electron chi connectivity index (χ1n) is 8.63. The van der Waals surface area contributed by atoms with E-state index < -0.39 is 0 Å². The lowest BCUT2D eigenvalue weighted by Gasteiger charge is -2.38. The van der Waals surface area contributed by atoms with Crippen LogP contribution >= 0.6 is 0 Å². The molecule has 116 valence electrons. The normalized spacial score (nSPS) is 32.5. The van der Waals surface area contributed by atoms with Gasteiger partial charge in [0.05, 0.1) is 7.11 Å². The van der Waals surface area contributed by atoms with E-state index in [1.807, 2.05) is 0 Å². The van der Waals surface area contributed by atoms with E-state index in [0.717, 1.165) is 29.5 Å². The number of hydrogen-bond donors (Lipinski definition) is 1. The molecule has 2 nitrogen and oxygen atoms in total. The molecular formula is C19H29NO. The van der Waals surface area contributed by atoms with Gasteiger partial charge >= 0.3 is 0 Å². The molecule has 1 aromatic carbocycles. The summed E-state index contributed by atoms with van der Waals surface area (Å²) in [6.07, 6.45) is 8.35. The van der Waals surface area contributed by atoms with E-state index >= 15 is 0 Å². The van der Waals surface area contributed by atoms with Gasteiger partial charge in [-0.15, -0.1) is 0 Å². The van der Waals surface area contributed by atoms with Crippen molar-refractivity contribution >= 4 is 0 Å². The van der Waals surface area contributed by atoms with Crippen LogP contribution in [0.25, 0.3) is 0 Å². The molecule has 2 unspecified atom stereocenters. The van der Waals surface area contributed by atoms with Gasteiger partial charge in [0.15, 0.2) is 0 Å². The third-order valence-corrected chi connectivity index (χ3v) is 5.68. The Hall–Kier alpha value is -1.02. The van der Waals surface area contributed by atoms with Crippen molar-refractivity contribution in [2.24, 2.45) is 11.8 Å². The van der Waals surface area contributed by atoms with Crippen molar-refractivity contribution < 1.29 is 4.74 Å². The van der Waals surface area contributed by atoms with Gasteiger partial charge < -0.3 is 10.1 Å². The zero-order valence-corrected chi connectivity index (χ0v) is 13.5. The number of methoxy groups -OCH3 is 1. The van der Waals surface area contributed by atoms with E-state index in [0.29, 0.717) is 0 Å². The second kappa shape index (κ2) is 6.83. The minimum Gasteiger partial charge on any atom is -0.497 e. The monoisotopic (exact) mass is 287 g/mol. The number of hydrogen-bond acceptors (Lipinski definition) is 2. The van der Waals surface area contributed by atoms with Gasteiger partial charge in [0.2, 0.25) is 0 Å². The highest BCUT2D eigenvalue weighted by Crippen LogP contribution is 2.38. The van der Waals surface area contributed by atoms with E-state index in [1.54, 1.807) is 7.11 Å². The molecule has 0 radical (unpaired) electrons. The van der Waals surface area contributed by atoms with Crippen LogP contribution in [0.2, 0.25) is 0 Å². The maximum absolute atomic E-state index is 5.23. The second-order valence-electron chi connectivity index (χ2n) is 7.07. The average molecular weight is 287 g/mol.